The van der Waals surface area contributed by atoms with Crippen molar-refractivity contribution in [1.82, 2.24) is 10.2 Å². The molecule has 1 saturated heterocycles. The maximum absolute atomic E-state index is 13.2. The Labute approximate surface area is 103 Å². The zero-order valence-electron chi connectivity index (χ0n) is 9.74. The summed E-state index contributed by atoms with van der Waals surface area (Å²) in [6.45, 7) is 1.69. The molecule has 0 saturated carbocycles. The Morgan fingerprint density at radius 3 is 2.33 bits per heavy atom. The molecule has 1 atom stereocenters. The van der Waals surface area contributed by atoms with Crippen LogP contribution in [0.15, 0.2) is 24.3 Å². The van der Waals surface area contributed by atoms with Gasteiger partial charge in [0.05, 0.1) is 0 Å². The van der Waals surface area contributed by atoms with E-state index in [9.17, 15) is 18.3 Å². The van der Waals surface area contributed by atoms with Crippen molar-refractivity contribution in [2.45, 2.75) is 12.2 Å². The average Bonchev–Trinajstić information content (AvgIpc) is 2.32. The molecule has 0 amide bonds. The third-order valence-electron chi connectivity index (χ3n) is 3.06. The second kappa shape index (κ2) is 5.16. The van der Waals surface area contributed by atoms with E-state index in [1.54, 1.807) is 0 Å². The number of rotatable bonds is 2. The average molecular weight is 260 g/mol. The number of piperazine rings is 1. The lowest BCUT2D eigenvalue weighted by atomic mass is 10.0. The minimum atomic E-state index is -4.39. The first kappa shape index (κ1) is 13.2. The molecule has 2 N–H and O–H groups in total. The summed E-state index contributed by atoms with van der Waals surface area (Å²) < 4.78 is 39.6. The van der Waals surface area contributed by atoms with Crippen LogP contribution in [0.3, 0.4) is 0 Å². The number of phenols is 1. The summed E-state index contributed by atoms with van der Waals surface area (Å²) in [4.78, 5) is 1.35. The summed E-state index contributed by atoms with van der Waals surface area (Å²) in [6.07, 6.45) is -4.39. The zero-order chi connectivity index (χ0) is 13.2. The number of hydrogen-bond acceptors (Lipinski definition) is 3. The minimum Gasteiger partial charge on any atom is -0.508 e. The highest BCUT2D eigenvalue weighted by Gasteiger charge is 2.45. The van der Waals surface area contributed by atoms with Crippen LogP contribution in [-0.4, -0.2) is 42.4 Å². The van der Waals surface area contributed by atoms with Crippen molar-refractivity contribution >= 4 is 0 Å². The Morgan fingerprint density at radius 2 is 1.78 bits per heavy atom. The highest BCUT2D eigenvalue weighted by molar-refractivity contribution is 5.35. The van der Waals surface area contributed by atoms with Crippen molar-refractivity contribution in [2.24, 2.45) is 0 Å². The van der Waals surface area contributed by atoms with Crippen LogP contribution in [0.2, 0.25) is 0 Å². The Balaban J connectivity index is 2.34. The highest BCUT2D eigenvalue weighted by Crippen LogP contribution is 2.40. The van der Waals surface area contributed by atoms with Gasteiger partial charge in [-0.3, -0.25) is 4.90 Å². The molecule has 0 spiro atoms. The maximum Gasteiger partial charge on any atom is 0.408 e. The molecule has 0 aliphatic carbocycles. The van der Waals surface area contributed by atoms with Gasteiger partial charge in [-0.2, -0.15) is 13.2 Å². The molecule has 3 nitrogen and oxygen atoms in total. The van der Waals surface area contributed by atoms with Gasteiger partial charge in [-0.15, -0.1) is 0 Å². The summed E-state index contributed by atoms with van der Waals surface area (Å²) in [5.74, 6) is -0.307. The third kappa shape index (κ3) is 2.76. The van der Waals surface area contributed by atoms with Crippen LogP contribution in [0.5, 0.6) is 5.75 Å². The minimum absolute atomic E-state index is 0.0769. The van der Waals surface area contributed by atoms with Gasteiger partial charge in [0.25, 0.3) is 0 Å². The molecule has 1 heterocycles. The molecule has 6 heteroatoms. The topological polar surface area (TPSA) is 35.5 Å². The normalized spacial score (nSPS) is 19.7. The van der Waals surface area contributed by atoms with E-state index in [4.69, 9.17) is 0 Å². The lowest BCUT2D eigenvalue weighted by molar-refractivity contribution is -0.188. The van der Waals surface area contributed by atoms with E-state index in [1.807, 2.05) is 0 Å². The Bertz CT molecular complexity index is 403. The fraction of sp³-hybridized carbons (Fsp3) is 0.500. The molecule has 1 aromatic rings. The first-order valence-electron chi connectivity index (χ1n) is 5.79. The van der Waals surface area contributed by atoms with Gasteiger partial charge in [-0.1, -0.05) is 18.2 Å². The van der Waals surface area contributed by atoms with Crippen LogP contribution in [-0.2, 0) is 0 Å². The van der Waals surface area contributed by atoms with E-state index in [-0.39, 0.29) is 11.3 Å². The van der Waals surface area contributed by atoms with Gasteiger partial charge in [0.15, 0.2) is 0 Å². The zero-order valence-corrected chi connectivity index (χ0v) is 9.74. The third-order valence-corrected chi connectivity index (χ3v) is 3.06. The standard InChI is InChI=1S/C12H15F3N2O/c13-12(14,15)11(17-7-5-16-6-8-17)9-3-1-2-4-10(9)18/h1-4,11,16,18H,5-8H2/t11-/m1/s1. The number of hydrogen-bond donors (Lipinski definition) is 2. The second-order valence-electron chi connectivity index (χ2n) is 4.29. The molecular formula is C12H15F3N2O. The molecule has 0 bridgehead atoms. The lowest BCUT2D eigenvalue weighted by Crippen LogP contribution is -2.49. The van der Waals surface area contributed by atoms with Gasteiger partial charge < -0.3 is 10.4 Å². The van der Waals surface area contributed by atoms with Crippen LogP contribution < -0.4 is 5.32 Å². The van der Waals surface area contributed by atoms with Crippen LogP contribution in [0.4, 0.5) is 13.2 Å². The number of nitrogens with one attached hydrogen (secondary N) is 1. The lowest BCUT2D eigenvalue weighted by Gasteiger charge is -2.36. The molecule has 2 rings (SSSR count). The molecule has 0 aromatic heterocycles. The fourth-order valence-corrected chi connectivity index (χ4v) is 2.24. The summed E-state index contributed by atoms with van der Waals surface area (Å²) in [5, 5.41) is 12.6. The van der Waals surface area contributed by atoms with Crippen molar-refractivity contribution in [3.63, 3.8) is 0 Å². The number of nitrogens with zero attached hydrogens (tertiary/aromatic N) is 1. The van der Waals surface area contributed by atoms with Crippen molar-refractivity contribution in [3.05, 3.63) is 29.8 Å². The molecule has 1 fully saturated rings. The smallest absolute Gasteiger partial charge is 0.408 e. The van der Waals surface area contributed by atoms with Gasteiger partial charge in [0.2, 0.25) is 0 Å². The number of phenolic OH excluding ortho intramolecular Hbond substituents is 1. The summed E-state index contributed by atoms with van der Waals surface area (Å²) in [6, 6.07) is 3.91. The van der Waals surface area contributed by atoms with E-state index in [0.717, 1.165) is 0 Å². The molecule has 1 aliphatic heterocycles. The van der Waals surface area contributed by atoms with Crippen LogP contribution in [0, 0.1) is 0 Å². The van der Waals surface area contributed by atoms with E-state index in [1.165, 1.54) is 29.2 Å². The largest absolute Gasteiger partial charge is 0.508 e. The van der Waals surface area contributed by atoms with E-state index >= 15 is 0 Å². The molecule has 18 heavy (non-hydrogen) atoms. The number of aromatic hydroxyl groups is 1. The molecule has 100 valence electrons. The number of halogens is 3. The molecule has 1 aromatic carbocycles. The van der Waals surface area contributed by atoms with Crippen LogP contribution in [0.25, 0.3) is 0 Å². The van der Waals surface area contributed by atoms with Gasteiger partial charge >= 0.3 is 6.18 Å². The van der Waals surface area contributed by atoms with Gasteiger partial charge in [-0.05, 0) is 6.07 Å². The Morgan fingerprint density at radius 1 is 1.17 bits per heavy atom. The van der Waals surface area contributed by atoms with Gasteiger partial charge in [0.1, 0.15) is 11.8 Å². The van der Waals surface area contributed by atoms with Crippen molar-refractivity contribution in [1.29, 1.82) is 0 Å². The van der Waals surface area contributed by atoms with Crippen LogP contribution >= 0.6 is 0 Å². The summed E-state index contributed by atoms with van der Waals surface area (Å²) >= 11 is 0. The Kier molecular flexibility index (Phi) is 3.77. The monoisotopic (exact) mass is 260 g/mol. The SMILES string of the molecule is Oc1ccccc1[C@@H](N1CCNCC1)C(F)(F)F. The Hall–Kier alpha value is -1.27. The van der Waals surface area contributed by atoms with Gasteiger partial charge in [0, 0.05) is 31.7 Å². The van der Waals surface area contributed by atoms with Gasteiger partial charge in [-0.25, -0.2) is 0 Å². The highest BCUT2D eigenvalue weighted by atomic mass is 19.4. The number of para-hydroxylation sites is 1. The van der Waals surface area contributed by atoms with E-state index in [0.29, 0.717) is 26.2 Å². The fourth-order valence-electron chi connectivity index (χ4n) is 2.24. The predicted octanol–water partition coefficient (Wildman–Crippen LogP) is 1.90. The molecule has 1 aliphatic rings. The second-order valence-corrected chi connectivity index (χ2v) is 4.29. The maximum atomic E-state index is 13.2. The van der Waals surface area contributed by atoms with E-state index < -0.39 is 12.2 Å². The van der Waals surface area contributed by atoms with Crippen molar-refractivity contribution in [2.75, 3.05) is 26.2 Å². The quantitative estimate of drug-likeness (QED) is 0.852. The first-order chi connectivity index (χ1) is 8.50. The molecule has 0 unspecified atom stereocenters. The van der Waals surface area contributed by atoms with Crippen molar-refractivity contribution in [3.8, 4) is 5.75 Å². The van der Waals surface area contributed by atoms with Crippen LogP contribution in [0.1, 0.15) is 11.6 Å². The summed E-state index contributed by atoms with van der Waals surface area (Å²) in [7, 11) is 0. The van der Waals surface area contributed by atoms with E-state index in [2.05, 4.69) is 5.32 Å². The molecular weight excluding hydrogens is 245 g/mol. The first-order valence-corrected chi connectivity index (χ1v) is 5.79. The summed E-state index contributed by atoms with van der Waals surface area (Å²) in [5.41, 5.74) is -0.0769. The predicted molar refractivity (Wildman–Crippen MR) is 61.3 cm³/mol. The number of alkyl halides is 3. The molecule has 0 radical (unpaired) electrons. The van der Waals surface area contributed by atoms with Crippen molar-refractivity contribution < 1.29 is 18.3 Å². The number of benzene rings is 1.